The highest BCUT2D eigenvalue weighted by Gasteiger charge is 2.27. The highest BCUT2D eigenvalue weighted by Crippen LogP contribution is 2.14. The fraction of sp³-hybridized carbons (Fsp3) is 0.333. The minimum absolute atomic E-state index is 0.0113. The lowest BCUT2D eigenvalue weighted by Crippen LogP contribution is -2.34. The minimum Gasteiger partial charge on any atom is -0.390 e. The van der Waals surface area contributed by atoms with Crippen LogP contribution in [0.5, 0.6) is 0 Å². The third kappa shape index (κ3) is 4.92. The second kappa shape index (κ2) is 5.23. The number of halogens is 1. The molecule has 0 amide bonds. The molecule has 0 unspecified atom stereocenters. The van der Waals surface area contributed by atoms with Crippen molar-refractivity contribution in [3.8, 4) is 0 Å². The van der Waals surface area contributed by atoms with Gasteiger partial charge in [0, 0.05) is 6.04 Å². The summed E-state index contributed by atoms with van der Waals surface area (Å²) in [5.41, 5.74) is 0. The Bertz CT molecular complexity index is 515. The Labute approximate surface area is 104 Å². The van der Waals surface area contributed by atoms with Crippen molar-refractivity contribution in [2.45, 2.75) is 17.4 Å². The molecular weight excluding hydrogens is 267 g/mol. The highest BCUT2D eigenvalue weighted by atomic mass is 32.2. The summed E-state index contributed by atoms with van der Waals surface area (Å²) in [5, 5.41) is 0. The summed E-state index contributed by atoms with van der Waals surface area (Å²) in [6.45, 7) is 0. The van der Waals surface area contributed by atoms with Crippen LogP contribution in [0.25, 0.3) is 0 Å². The first-order valence-corrected chi connectivity index (χ1v) is 8.39. The third-order valence-corrected chi connectivity index (χ3v) is 4.85. The maximum atomic E-state index is 12.7. The fourth-order valence-electron chi connectivity index (χ4n) is 1.24. The first kappa shape index (κ1) is 10.2. The Balaban J connectivity index is 2.67. The van der Waals surface area contributed by atoms with Crippen LogP contribution in [-0.4, -0.2) is 41.7 Å². The van der Waals surface area contributed by atoms with Crippen molar-refractivity contribution in [3.63, 3.8) is 0 Å². The Hall–Kier alpha value is -0.803. The quantitative estimate of drug-likeness (QED) is 0.458. The van der Waals surface area contributed by atoms with Gasteiger partial charge in [-0.05, 0) is 30.7 Å². The van der Waals surface area contributed by atoms with E-state index in [4.69, 9.17) is 4.29 Å². The average molecular weight is 286 g/mol. The maximum absolute atomic E-state index is 12.7. The standard InChI is InChI=1S/C9H13FO5SSi/c10-8-2-4-9(5-3-8)16(11,12)6-1-7-17(13,14)15/h2-5,13-15H,1,6-7H2/i13T,14T,15T. The van der Waals surface area contributed by atoms with Crippen LogP contribution in [-0.2, 0) is 9.84 Å². The van der Waals surface area contributed by atoms with Gasteiger partial charge in [-0.25, -0.2) is 12.8 Å². The molecule has 0 fully saturated rings. The largest absolute Gasteiger partial charge is 0.492 e. The molecule has 0 aromatic heterocycles. The molecule has 0 aliphatic carbocycles. The molecule has 0 aliphatic heterocycles. The van der Waals surface area contributed by atoms with Gasteiger partial charge in [0.2, 0.25) is 0 Å². The Morgan fingerprint density at radius 2 is 1.82 bits per heavy atom. The number of benzene rings is 1. The van der Waals surface area contributed by atoms with E-state index in [1.54, 1.807) is 0 Å². The molecule has 5 nitrogen and oxygen atoms in total. The van der Waals surface area contributed by atoms with E-state index < -0.39 is 24.5 Å². The number of sulfone groups is 1. The zero-order valence-electron chi connectivity index (χ0n) is 11.8. The number of rotatable bonds is 8. The summed E-state index contributed by atoms with van der Waals surface area (Å²) in [5.74, 6) is -0.855. The second-order valence-electron chi connectivity index (χ2n) is 3.56. The van der Waals surface area contributed by atoms with Gasteiger partial charge in [0.25, 0.3) is 0 Å². The van der Waals surface area contributed by atoms with Crippen LogP contribution in [0.15, 0.2) is 29.2 Å². The van der Waals surface area contributed by atoms with E-state index in [0.29, 0.717) is 0 Å². The monoisotopic (exact) mass is 286 g/mol. The SMILES string of the molecule is [3H]O[Si](CCCS(=O)(=O)c1ccc(F)cc1)(O[3H])O[3H]. The Morgan fingerprint density at radius 3 is 2.35 bits per heavy atom. The van der Waals surface area contributed by atoms with E-state index in [0.717, 1.165) is 24.3 Å². The van der Waals surface area contributed by atoms with Crippen LogP contribution < -0.4 is 0 Å². The fourth-order valence-corrected chi connectivity index (χ4v) is 3.42. The molecule has 0 bridgehead atoms. The molecule has 0 spiro atoms. The molecule has 1 aromatic carbocycles. The Kier molecular flexibility index (Phi) is 3.12. The molecule has 1 rings (SSSR count). The van der Waals surface area contributed by atoms with E-state index in [-0.39, 0.29) is 23.1 Å². The van der Waals surface area contributed by atoms with E-state index in [1.165, 1.54) is 0 Å². The predicted octanol–water partition coefficient (Wildman–Crippen LogP) is -0.0947. The summed E-state index contributed by atoms with van der Waals surface area (Å²) >= 11 is 0. The van der Waals surface area contributed by atoms with Crippen LogP contribution in [0.4, 0.5) is 4.39 Å². The normalized spacial score (nSPS) is 15.0. The van der Waals surface area contributed by atoms with Crippen molar-refractivity contribution >= 4 is 18.6 Å². The number of hydrogen-bond donors (Lipinski definition) is 3. The van der Waals surface area contributed by atoms with Crippen molar-refractivity contribution in [2.24, 2.45) is 0 Å². The summed E-state index contributed by atoms with van der Waals surface area (Å²) in [4.78, 5) is 12.3. The molecule has 0 atom stereocenters. The van der Waals surface area contributed by atoms with Crippen molar-refractivity contribution in [3.05, 3.63) is 30.1 Å². The summed E-state index contributed by atoms with van der Waals surface area (Å²) in [6, 6.07) is 4.22. The van der Waals surface area contributed by atoms with Crippen LogP contribution in [0.3, 0.4) is 0 Å². The van der Waals surface area contributed by atoms with Gasteiger partial charge in [-0.1, -0.05) is 0 Å². The zero-order valence-corrected chi connectivity index (χ0v) is 10.6. The lowest BCUT2D eigenvalue weighted by atomic mass is 10.4. The maximum Gasteiger partial charge on any atom is 0.492 e. The van der Waals surface area contributed by atoms with E-state index in [9.17, 15) is 12.8 Å². The van der Waals surface area contributed by atoms with Crippen LogP contribution in [0, 0.1) is 5.82 Å². The number of hydrogen-bond acceptors (Lipinski definition) is 5. The molecular formula is C9H13FO5SSi. The predicted molar refractivity (Wildman–Crippen MR) is 60.3 cm³/mol. The van der Waals surface area contributed by atoms with Gasteiger partial charge in [-0.3, -0.25) is 0 Å². The van der Waals surface area contributed by atoms with Gasteiger partial charge in [-0.15, -0.1) is 0 Å². The van der Waals surface area contributed by atoms with Crippen LogP contribution in [0.1, 0.15) is 6.42 Å². The third-order valence-electron chi connectivity index (χ3n) is 2.07. The van der Waals surface area contributed by atoms with E-state index in [2.05, 4.69) is 14.4 Å². The summed E-state index contributed by atoms with van der Waals surface area (Å²) < 4.78 is 56.7. The molecule has 3 N–H and O–H groups in total. The van der Waals surface area contributed by atoms with E-state index >= 15 is 0 Å². The minimum atomic E-state index is -3.75. The van der Waals surface area contributed by atoms with E-state index in [1.807, 2.05) is 0 Å². The molecule has 1 aromatic rings. The lowest BCUT2D eigenvalue weighted by molar-refractivity contribution is 0.227. The summed E-state index contributed by atoms with van der Waals surface area (Å²) in [6.07, 6.45) is -0.0113. The van der Waals surface area contributed by atoms with Crippen molar-refractivity contribution in [2.75, 3.05) is 5.75 Å². The van der Waals surface area contributed by atoms with Crippen LogP contribution in [0.2, 0.25) is 6.04 Å². The van der Waals surface area contributed by atoms with Gasteiger partial charge < -0.3 is 14.4 Å². The van der Waals surface area contributed by atoms with Crippen LogP contribution >= 0.6 is 0 Å². The molecule has 0 saturated carbocycles. The van der Waals surface area contributed by atoms with Gasteiger partial charge >= 0.3 is 8.80 Å². The van der Waals surface area contributed by atoms with Crippen molar-refractivity contribution in [1.82, 2.24) is 0 Å². The molecule has 0 aliphatic rings. The second-order valence-corrected chi connectivity index (χ2v) is 7.53. The average Bonchev–Trinajstić information content (AvgIpc) is 2.44. The first-order chi connectivity index (χ1) is 9.39. The molecule has 96 valence electrons. The highest BCUT2D eigenvalue weighted by molar-refractivity contribution is 7.91. The van der Waals surface area contributed by atoms with Crippen molar-refractivity contribution in [1.29, 1.82) is 4.29 Å². The molecule has 0 saturated heterocycles. The topological polar surface area (TPSA) is 94.8 Å². The van der Waals surface area contributed by atoms with Gasteiger partial charge in [0.1, 0.15) is 5.82 Å². The molecule has 0 radical (unpaired) electrons. The van der Waals surface area contributed by atoms with Crippen molar-refractivity contribution < 1.29 is 27.2 Å². The van der Waals surface area contributed by atoms with Gasteiger partial charge in [0.15, 0.2) is 14.1 Å². The lowest BCUT2D eigenvalue weighted by Gasteiger charge is -2.09. The van der Waals surface area contributed by atoms with Gasteiger partial charge in [0.05, 0.1) is 10.6 Å². The molecule has 17 heavy (non-hydrogen) atoms. The first-order valence-electron chi connectivity index (χ1n) is 6.03. The zero-order chi connectivity index (χ0) is 15.2. The smallest absolute Gasteiger partial charge is 0.390 e. The molecule has 8 heteroatoms. The summed E-state index contributed by atoms with van der Waals surface area (Å²) in [7, 11) is -7.37. The Morgan fingerprint density at radius 1 is 1.24 bits per heavy atom. The van der Waals surface area contributed by atoms with Gasteiger partial charge in [-0.2, -0.15) is 0 Å². The molecule has 0 heterocycles.